The summed E-state index contributed by atoms with van der Waals surface area (Å²) in [5, 5.41) is 6.71. The molecule has 1 aromatic heterocycles. The predicted molar refractivity (Wildman–Crippen MR) is 85.7 cm³/mol. The monoisotopic (exact) mass is 293 g/mol. The fourth-order valence-electron chi connectivity index (χ4n) is 2.69. The van der Waals surface area contributed by atoms with Crippen LogP contribution in [0.25, 0.3) is 0 Å². The lowest BCUT2D eigenvalue weighted by molar-refractivity contribution is 0.178. The Morgan fingerprint density at radius 2 is 2.00 bits per heavy atom. The van der Waals surface area contributed by atoms with E-state index in [1.54, 1.807) is 7.11 Å². The van der Waals surface area contributed by atoms with Gasteiger partial charge in [-0.25, -0.2) is 9.97 Å². The van der Waals surface area contributed by atoms with Crippen molar-refractivity contribution in [1.82, 2.24) is 14.9 Å². The number of nitrogens with zero attached hydrogens (tertiary/aromatic N) is 3. The third-order valence-corrected chi connectivity index (χ3v) is 3.53. The Balaban J connectivity index is 1.99. The van der Waals surface area contributed by atoms with Gasteiger partial charge in [0, 0.05) is 32.3 Å². The smallest absolute Gasteiger partial charge is 0.158 e. The zero-order valence-electron chi connectivity index (χ0n) is 13.4. The second-order valence-electron chi connectivity index (χ2n) is 5.57. The molecular weight excluding hydrogens is 266 g/mol. The molecule has 0 radical (unpaired) electrons. The second-order valence-corrected chi connectivity index (χ2v) is 5.57. The van der Waals surface area contributed by atoms with E-state index in [0.29, 0.717) is 18.5 Å². The topological polar surface area (TPSA) is 62.3 Å². The van der Waals surface area contributed by atoms with E-state index in [1.807, 2.05) is 6.07 Å². The van der Waals surface area contributed by atoms with Gasteiger partial charge in [-0.2, -0.15) is 0 Å². The van der Waals surface area contributed by atoms with Crippen LogP contribution in [0.2, 0.25) is 0 Å². The molecule has 1 saturated heterocycles. The summed E-state index contributed by atoms with van der Waals surface area (Å²) in [7, 11) is 1.66. The van der Waals surface area contributed by atoms with Crippen LogP contribution < -0.4 is 10.6 Å². The molecule has 1 aliphatic rings. The first-order valence-electron chi connectivity index (χ1n) is 7.81. The molecule has 1 aromatic rings. The number of likely N-dealkylation sites (tertiary alicyclic amines) is 1. The first-order chi connectivity index (χ1) is 10.2. The molecule has 6 heteroatoms. The molecule has 0 amide bonds. The molecule has 1 unspecified atom stereocenters. The van der Waals surface area contributed by atoms with E-state index in [1.165, 1.54) is 25.9 Å². The molecule has 0 bridgehead atoms. The van der Waals surface area contributed by atoms with E-state index in [9.17, 15) is 0 Å². The average molecular weight is 293 g/mol. The summed E-state index contributed by atoms with van der Waals surface area (Å²) in [6, 6.07) is 2.33. The highest BCUT2D eigenvalue weighted by Crippen LogP contribution is 2.14. The highest BCUT2D eigenvalue weighted by atomic mass is 16.5. The Kier molecular flexibility index (Phi) is 6.20. The fraction of sp³-hybridized carbons (Fsp3) is 0.733. The Hall–Kier alpha value is -1.40. The lowest BCUT2D eigenvalue weighted by atomic mass is 10.3. The molecule has 0 spiro atoms. The maximum Gasteiger partial charge on any atom is 0.158 e. The van der Waals surface area contributed by atoms with Gasteiger partial charge in [-0.15, -0.1) is 0 Å². The van der Waals surface area contributed by atoms with Gasteiger partial charge in [-0.05, 0) is 39.8 Å². The van der Waals surface area contributed by atoms with Crippen molar-refractivity contribution in [3.05, 3.63) is 11.9 Å². The summed E-state index contributed by atoms with van der Waals surface area (Å²) in [5.41, 5.74) is 0. The highest BCUT2D eigenvalue weighted by molar-refractivity contribution is 5.48. The van der Waals surface area contributed by atoms with E-state index in [0.717, 1.165) is 24.7 Å². The third-order valence-electron chi connectivity index (χ3n) is 3.53. The Morgan fingerprint density at radius 3 is 2.67 bits per heavy atom. The largest absolute Gasteiger partial charge is 0.377 e. The number of rotatable bonds is 8. The predicted octanol–water partition coefficient (Wildman–Crippen LogP) is 1.95. The normalized spacial score (nSPS) is 16.9. The zero-order chi connectivity index (χ0) is 15.1. The van der Waals surface area contributed by atoms with Gasteiger partial charge >= 0.3 is 0 Å². The van der Waals surface area contributed by atoms with Gasteiger partial charge in [0.25, 0.3) is 0 Å². The number of nitrogens with one attached hydrogen (secondary N) is 2. The van der Waals surface area contributed by atoms with E-state index in [2.05, 4.69) is 39.3 Å². The van der Waals surface area contributed by atoms with Crippen molar-refractivity contribution < 1.29 is 4.74 Å². The van der Waals surface area contributed by atoms with Gasteiger partial charge in [0.05, 0.1) is 0 Å². The number of aromatic nitrogens is 2. The highest BCUT2D eigenvalue weighted by Gasteiger charge is 2.15. The van der Waals surface area contributed by atoms with Gasteiger partial charge in [0.1, 0.15) is 18.2 Å². The molecule has 0 aromatic carbocycles. The van der Waals surface area contributed by atoms with E-state index < -0.39 is 0 Å². The van der Waals surface area contributed by atoms with Crippen LogP contribution in [0.3, 0.4) is 0 Å². The maximum atomic E-state index is 5.14. The SMILES string of the molecule is CCNc1cc(NC(C)CN2CCCC2)nc(COC)n1. The van der Waals surface area contributed by atoms with Crippen molar-refractivity contribution in [2.45, 2.75) is 39.3 Å². The molecular formula is C15H27N5O. The minimum Gasteiger partial charge on any atom is -0.377 e. The van der Waals surface area contributed by atoms with Gasteiger partial charge in [0.2, 0.25) is 0 Å². The number of hydrogen-bond acceptors (Lipinski definition) is 6. The molecule has 2 N–H and O–H groups in total. The third kappa shape index (κ3) is 5.13. The molecule has 1 atom stereocenters. The van der Waals surface area contributed by atoms with Gasteiger partial charge in [-0.1, -0.05) is 0 Å². The van der Waals surface area contributed by atoms with Gasteiger partial charge in [0.15, 0.2) is 5.82 Å². The molecule has 118 valence electrons. The fourth-order valence-corrected chi connectivity index (χ4v) is 2.69. The van der Waals surface area contributed by atoms with Crippen molar-refractivity contribution in [3.63, 3.8) is 0 Å². The second kappa shape index (κ2) is 8.14. The van der Waals surface area contributed by atoms with Crippen LogP contribution in [0.1, 0.15) is 32.5 Å². The van der Waals surface area contributed by atoms with Gasteiger partial charge < -0.3 is 20.3 Å². The van der Waals surface area contributed by atoms with E-state index in [-0.39, 0.29) is 0 Å². The van der Waals surface area contributed by atoms with Crippen LogP contribution in [0.5, 0.6) is 0 Å². The summed E-state index contributed by atoms with van der Waals surface area (Å²) in [6.07, 6.45) is 2.64. The molecule has 2 heterocycles. The van der Waals surface area contributed by atoms with Crippen LogP contribution in [0, 0.1) is 0 Å². The molecule has 0 aliphatic carbocycles. The average Bonchev–Trinajstić information content (AvgIpc) is 2.91. The van der Waals surface area contributed by atoms with Gasteiger partial charge in [-0.3, -0.25) is 0 Å². The van der Waals surface area contributed by atoms with Crippen molar-refractivity contribution in [2.24, 2.45) is 0 Å². The molecule has 21 heavy (non-hydrogen) atoms. The summed E-state index contributed by atoms with van der Waals surface area (Å²) < 4.78 is 5.14. The first kappa shape index (κ1) is 16.0. The minimum absolute atomic E-state index is 0.364. The lowest BCUT2D eigenvalue weighted by Crippen LogP contribution is -2.33. The summed E-state index contributed by atoms with van der Waals surface area (Å²) in [6.45, 7) is 9.01. The van der Waals surface area contributed by atoms with Crippen LogP contribution in [0.4, 0.5) is 11.6 Å². The quantitative estimate of drug-likeness (QED) is 0.764. The summed E-state index contributed by atoms with van der Waals surface area (Å²) >= 11 is 0. The molecule has 6 nitrogen and oxygen atoms in total. The van der Waals surface area contributed by atoms with Crippen molar-refractivity contribution in [3.8, 4) is 0 Å². The standard InChI is InChI=1S/C15H27N5O/c1-4-16-13-9-14(19-15(18-13)11-21-3)17-12(2)10-20-7-5-6-8-20/h9,12H,4-8,10-11H2,1-3H3,(H2,16,17,18,19). The maximum absolute atomic E-state index is 5.14. The summed E-state index contributed by atoms with van der Waals surface area (Å²) in [5.74, 6) is 2.40. The number of methoxy groups -OCH3 is 1. The molecule has 2 rings (SSSR count). The van der Waals surface area contributed by atoms with Crippen LogP contribution in [0.15, 0.2) is 6.07 Å². The Morgan fingerprint density at radius 1 is 1.29 bits per heavy atom. The van der Waals surface area contributed by atoms with E-state index in [4.69, 9.17) is 4.74 Å². The minimum atomic E-state index is 0.364. The molecule has 0 saturated carbocycles. The first-order valence-corrected chi connectivity index (χ1v) is 7.81. The van der Waals surface area contributed by atoms with Crippen LogP contribution in [-0.4, -0.2) is 54.2 Å². The van der Waals surface area contributed by atoms with Crippen LogP contribution in [-0.2, 0) is 11.3 Å². The Labute approximate surface area is 127 Å². The summed E-state index contributed by atoms with van der Waals surface area (Å²) in [4.78, 5) is 11.4. The number of hydrogen-bond donors (Lipinski definition) is 2. The molecule has 1 fully saturated rings. The van der Waals surface area contributed by atoms with Crippen molar-refractivity contribution in [2.75, 3.05) is 43.9 Å². The number of ether oxygens (including phenoxy) is 1. The van der Waals surface area contributed by atoms with Crippen LogP contribution >= 0.6 is 0 Å². The molecule has 1 aliphatic heterocycles. The van der Waals surface area contributed by atoms with Crippen molar-refractivity contribution >= 4 is 11.6 Å². The van der Waals surface area contributed by atoms with Crippen molar-refractivity contribution in [1.29, 1.82) is 0 Å². The van der Waals surface area contributed by atoms with E-state index >= 15 is 0 Å². The number of anilines is 2. The lowest BCUT2D eigenvalue weighted by Gasteiger charge is -2.22. The zero-order valence-corrected chi connectivity index (χ0v) is 13.4. The Bertz CT molecular complexity index is 410.